The minimum atomic E-state index is -3.66. The van der Waals surface area contributed by atoms with Gasteiger partial charge in [-0.3, -0.25) is 4.98 Å². The van der Waals surface area contributed by atoms with Crippen molar-refractivity contribution in [1.82, 2.24) is 9.71 Å². The normalized spacial score (nSPS) is 16.1. The molecule has 1 unspecified atom stereocenters. The predicted molar refractivity (Wildman–Crippen MR) is 123 cm³/mol. The summed E-state index contributed by atoms with van der Waals surface area (Å²) in [5, 5.41) is 0.487. The van der Waals surface area contributed by atoms with Crippen LogP contribution in [0.4, 0.5) is 10.1 Å². The van der Waals surface area contributed by atoms with Gasteiger partial charge in [0.25, 0.3) is 0 Å². The Labute approximate surface area is 192 Å². The van der Waals surface area contributed by atoms with Gasteiger partial charge in [-0.1, -0.05) is 11.6 Å². The Bertz CT molecular complexity index is 1120. The monoisotopic (exact) mass is 475 g/mol. The maximum atomic E-state index is 13.2. The van der Waals surface area contributed by atoms with Crippen molar-refractivity contribution in [1.29, 1.82) is 0 Å². The number of benzene rings is 2. The molecule has 1 aliphatic rings. The zero-order valence-corrected chi connectivity index (χ0v) is 19.0. The number of halogens is 2. The van der Waals surface area contributed by atoms with E-state index in [4.69, 9.17) is 11.6 Å². The van der Waals surface area contributed by atoms with Crippen molar-refractivity contribution in [3.63, 3.8) is 0 Å². The van der Waals surface area contributed by atoms with Crippen molar-refractivity contribution in [2.24, 2.45) is 0 Å². The molecule has 0 amide bonds. The molecule has 4 rings (SSSR count). The third-order valence-corrected chi connectivity index (χ3v) is 7.47. The van der Waals surface area contributed by atoms with Gasteiger partial charge in [-0.2, -0.15) is 0 Å². The minimum Gasteiger partial charge on any atom is -0.360 e. The SMILES string of the molecule is O=S(=O)(NCC(c1cccnc1)[NH+]1CCN(c2ccc(F)cc2)CC1)c1ccc(Cl)cc1. The predicted octanol–water partition coefficient (Wildman–Crippen LogP) is 2.30. The average Bonchev–Trinajstić information content (AvgIpc) is 2.81. The van der Waals surface area contributed by atoms with Gasteiger partial charge in [0, 0.05) is 28.7 Å². The lowest BCUT2D eigenvalue weighted by atomic mass is 10.1. The number of nitrogens with one attached hydrogen (secondary N) is 2. The second kappa shape index (κ2) is 9.95. The topological polar surface area (TPSA) is 66.7 Å². The smallest absolute Gasteiger partial charge is 0.240 e. The van der Waals surface area contributed by atoms with Crippen molar-refractivity contribution < 1.29 is 17.7 Å². The van der Waals surface area contributed by atoms with E-state index in [1.165, 1.54) is 29.2 Å². The maximum Gasteiger partial charge on any atom is 0.240 e. The first kappa shape index (κ1) is 22.7. The van der Waals surface area contributed by atoms with Crippen LogP contribution >= 0.6 is 11.6 Å². The second-order valence-electron chi connectivity index (χ2n) is 7.77. The molecule has 3 aromatic rings. The third-order valence-electron chi connectivity index (χ3n) is 5.78. The Balaban J connectivity index is 1.47. The Morgan fingerprint density at radius 2 is 1.75 bits per heavy atom. The lowest BCUT2D eigenvalue weighted by molar-refractivity contribution is -0.930. The molecule has 0 aliphatic carbocycles. The Kier molecular flexibility index (Phi) is 7.05. The third kappa shape index (κ3) is 5.45. The van der Waals surface area contributed by atoms with Crippen LogP contribution in [0.25, 0.3) is 0 Å². The molecule has 0 spiro atoms. The van der Waals surface area contributed by atoms with E-state index in [1.54, 1.807) is 36.7 Å². The summed E-state index contributed by atoms with van der Waals surface area (Å²) in [6, 6.07) is 16.4. The molecule has 1 saturated heterocycles. The summed E-state index contributed by atoms with van der Waals surface area (Å²) in [6.07, 6.45) is 3.50. The lowest BCUT2D eigenvalue weighted by Crippen LogP contribution is -3.15. The number of piperazine rings is 1. The zero-order chi connectivity index (χ0) is 22.6. The molecule has 32 heavy (non-hydrogen) atoms. The molecule has 1 fully saturated rings. The van der Waals surface area contributed by atoms with Gasteiger partial charge in [0.2, 0.25) is 10.0 Å². The molecule has 2 aromatic carbocycles. The van der Waals surface area contributed by atoms with Crippen LogP contribution in [-0.2, 0) is 10.0 Å². The minimum absolute atomic E-state index is 0.0823. The van der Waals surface area contributed by atoms with Gasteiger partial charge in [-0.25, -0.2) is 17.5 Å². The number of aromatic nitrogens is 1. The number of quaternary nitrogens is 1. The van der Waals surface area contributed by atoms with Gasteiger partial charge in [0.15, 0.2) is 0 Å². The number of pyridine rings is 1. The van der Waals surface area contributed by atoms with Gasteiger partial charge >= 0.3 is 0 Å². The summed E-state index contributed by atoms with van der Waals surface area (Å²) in [4.78, 5) is 7.91. The Hall–Kier alpha value is -2.52. The second-order valence-corrected chi connectivity index (χ2v) is 9.97. The molecule has 1 aromatic heterocycles. The number of nitrogens with zero attached hydrogens (tertiary/aromatic N) is 2. The van der Waals surface area contributed by atoms with Crippen LogP contribution in [-0.4, -0.2) is 46.1 Å². The number of rotatable bonds is 7. The fourth-order valence-corrected chi connectivity index (χ4v) is 5.20. The van der Waals surface area contributed by atoms with E-state index in [9.17, 15) is 12.8 Å². The maximum absolute atomic E-state index is 13.2. The lowest BCUT2D eigenvalue weighted by Gasteiger charge is -2.37. The van der Waals surface area contributed by atoms with Crippen LogP contribution in [0.3, 0.4) is 0 Å². The van der Waals surface area contributed by atoms with Gasteiger partial charge in [-0.05, 0) is 60.7 Å². The molecule has 0 saturated carbocycles. The van der Waals surface area contributed by atoms with Crippen LogP contribution < -0.4 is 14.5 Å². The van der Waals surface area contributed by atoms with Crippen LogP contribution in [0.2, 0.25) is 5.02 Å². The number of anilines is 1. The van der Waals surface area contributed by atoms with E-state index in [0.717, 1.165) is 37.4 Å². The Morgan fingerprint density at radius 3 is 2.38 bits per heavy atom. The van der Waals surface area contributed by atoms with E-state index >= 15 is 0 Å². The van der Waals surface area contributed by atoms with E-state index in [-0.39, 0.29) is 23.3 Å². The molecule has 2 N–H and O–H groups in total. The molecule has 0 radical (unpaired) electrons. The van der Waals surface area contributed by atoms with Crippen LogP contribution in [0.5, 0.6) is 0 Å². The molecule has 1 aliphatic heterocycles. The highest BCUT2D eigenvalue weighted by Crippen LogP contribution is 2.17. The zero-order valence-electron chi connectivity index (χ0n) is 17.4. The molecule has 0 bridgehead atoms. The van der Waals surface area contributed by atoms with Crippen molar-refractivity contribution in [3.05, 3.63) is 89.5 Å². The first-order chi connectivity index (χ1) is 15.4. The number of hydrogen-bond donors (Lipinski definition) is 2. The van der Waals surface area contributed by atoms with Gasteiger partial charge in [0.1, 0.15) is 11.9 Å². The van der Waals surface area contributed by atoms with E-state index in [2.05, 4.69) is 14.6 Å². The fraction of sp³-hybridized carbons (Fsp3) is 0.261. The molecule has 1 atom stereocenters. The fourth-order valence-electron chi connectivity index (χ4n) is 4.02. The van der Waals surface area contributed by atoms with Crippen molar-refractivity contribution in [3.8, 4) is 0 Å². The van der Waals surface area contributed by atoms with Gasteiger partial charge < -0.3 is 9.80 Å². The molecule has 9 heteroatoms. The molecule has 168 valence electrons. The van der Waals surface area contributed by atoms with Crippen LogP contribution in [0, 0.1) is 5.82 Å². The summed E-state index contributed by atoms with van der Waals surface area (Å²) in [7, 11) is -3.66. The number of hydrogen-bond acceptors (Lipinski definition) is 4. The van der Waals surface area contributed by atoms with Crippen LogP contribution in [0.15, 0.2) is 78.0 Å². The quantitative estimate of drug-likeness (QED) is 0.550. The van der Waals surface area contributed by atoms with E-state index in [0.29, 0.717) is 5.02 Å². The summed E-state index contributed by atoms with van der Waals surface area (Å²) in [6.45, 7) is 3.48. The summed E-state index contributed by atoms with van der Waals surface area (Å²) >= 11 is 5.89. The highest BCUT2D eigenvalue weighted by atomic mass is 35.5. The van der Waals surface area contributed by atoms with E-state index < -0.39 is 10.0 Å². The van der Waals surface area contributed by atoms with E-state index in [1.807, 2.05) is 12.1 Å². The van der Waals surface area contributed by atoms with Crippen LogP contribution in [0.1, 0.15) is 11.6 Å². The Morgan fingerprint density at radius 1 is 1.06 bits per heavy atom. The van der Waals surface area contributed by atoms with Crippen molar-refractivity contribution in [2.45, 2.75) is 10.9 Å². The van der Waals surface area contributed by atoms with Crippen molar-refractivity contribution in [2.75, 3.05) is 37.6 Å². The summed E-state index contributed by atoms with van der Waals surface area (Å²) in [5.74, 6) is -0.248. The summed E-state index contributed by atoms with van der Waals surface area (Å²) < 4.78 is 41.6. The molecule has 2 heterocycles. The van der Waals surface area contributed by atoms with Gasteiger partial charge in [-0.15, -0.1) is 0 Å². The van der Waals surface area contributed by atoms with Crippen molar-refractivity contribution >= 4 is 27.3 Å². The molecule has 6 nitrogen and oxygen atoms in total. The highest BCUT2D eigenvalue weighted by Gasteiger charge is 2.30. The average molecular weight is 476 g/mol. The highest BCUT2D eigenvalue weighted by molar-refractivity contribution is 7.89. The number of sulfonamides is 1. The standard InChI is InChI=1S/C23H24ClFN4O2S/c24-19-3-9-22(10-4-19)32(30,31)27-17-23(18-2-1-11-26-16-18)29-14-12-28(13-15-29)21-7-5-20(25)6-8-21/h1-11,16,23,27H,12-15,17H2/p+1. The largest absolute Gasteiger partial charge is 0.360 e. The molecular formula is C23H25ClFN4O2S+. The first-order valence-corrected chi connectivity index (χ1v) is 12.3. The van der Waals surface area contributed by atoms with Gasteiger partial charge in [0.05, 0.1) is 37.6 Å². The first-order valence-electron chi connectivity index (χ1n) is 10.4. The summed E-state index contributed by atoms with van der Waals surface area (Å²) in [5.41, 5.74) is 1.98. The molecular weight excluding hydrogens is 451 g/mol.